The van der Waals surface area contributed by atoms with Gasteiger partial charge >= 0.3 is 5.97 Å². The Bertz CT molecular complexity index is 175. The molecule has 0 rings (SSSR count). The normalized spacial score (nSPS) is 12.8. The fourth-order valence-electron chi connectivity index (χ4n) is 0.624. The summed E-state index contributed by atoms with van der Waals surface area (Å²) in [6.07, 6.45) is 0. The first-order valence-electron chi connectivity index (χ1n) is 3.80. The van der Waals surface area contributed by atoms with Gasteiger partial charge in [-0.25, -0.2) is 5.90 Å². The van der Waals surface area contributed by atoms with Crippen molar-refractivity contribution in [3.8, 4) is 0 Å². The van der Waals surface area contributed by atoms with E-state index >= 15 is 0 Å². The predicted molar refractivity (Wildman–Crippen MR) is 45.2 cm³/mol. The monoisotopic (exact) mass is 175 g/mol. The van der Waals surface area contributed by atoms with Gasteiger partial charge in [0.2, 0.25) is 0 Å². The molecule has 0 amide bonds. The van der Waals surface area contributed by atoms with Crippen LogP contribution in [0.15, 0.2) is 0 Å². The van der Waals surface area contributed by atoms with Crippen molar-refractivity contribution < 1.29 is 14.4 Å². The van der Waals surface area contributed by atoms with E-state index in [0.717, 1.165) is 0 Å². The first kappa shape index (κ1) is 11.4. The third kappa shape index (κ3) is 2.46. The minimum Gasteiger partial charge on any atom is -0.457 e. The van der Waals surface area contributed by atoms with Crippen LogP contribution in [0, 0.1) is 0 Å². The van der Waals surface area contributed by atoms with Crippen LogP contribution in [0.25, 0.3) is 0 Å². The lowest BCUT2D eigenvalue weighted by Crippen LogP contribution is -2.51. The Morgan fingerprint density at radius 1 is 1.17 bits per heavy atom. The van der Waals surface area contributed by atoms with E-state index in [9.17, 15) is 4.79 Å². The second kappa shape index (κ2) is 3.41. The molecule has 0 fully saturated rings. The van der Waals surface area contributed by atoms with Crippen molar-refractivity contribution in [1.29, 1.82) is 0 Å². The Morgan fingerprint density at radius 3 is 1.83 bits per heavy atom. The fourth-order valence-corrected chi connectivity index (χ4v) is 0.624. The van der Waals surface area contributed by atoms with Gasteiger partial charge in [-0.15, -0.1) is 0 Å². The summed E-state index contributed by atoms with van der Waals surface area (Å²) in [6.45, 7) is 8.38. The second-order valence-corrected chi connectivity index (χ2v) is 3.73. The highest BCUT2D eigenvalue weighted by molar-refractivity contribution is 5.66. The number of nitrogens with two attached hydrogens (primary N) is 1. The highest BCUT2D eigenvalue weighted by Gasteiger charge is 2.40. The quantitative estimate of drug-likeness (QED) is 0.513. The number of hydrogen-bond acceptors (Lipinski definition) is 4. The molecule has 4 heteroatoms. The van der Waals surface area contributed by atoms with Crippen LogP contribution in [0.4, 0.5) is 0 Å². The van der Waals surface area contributed by atoms with Crippen molar-refractivity contribution in [1.82, 2.24) is 0 Å². The Morgan fingerprint density at radius 2 is 1.58 bits per heavy atom. The molecule has 4 nitrogen and oxygen atoms in total. The van der Waals surface area contributed by atoms with Crippen molar-refractivity contribution in [2.24, 2.45) is 5.90 Å². The van der Waals surface area contributed by atoms with Crippen LogP contribution < -0.4 is 5.90 Å². The SMILES string of the molecule is CC(=O)OC(C)(C)C(C)(C)ON. The third-order valence-corrected chi connectivity index (χ3v) is 2.14. The van der Waals surface area contributed by atoms with Gasteiger partial charge in [0.05, 0.1) is 0 Å². The maximum absolute atomic E-state index is 10.7. The smallest absolute Gasteiger partial charge is 0.303 e. The molecule has 0 aromatic heterocycles. The van der Waals surface area contributed by atoms with Gasteiger partial charge in [-0.2, -0.15) is 0 Å². The Balaban J connectivity index is 4.48. The zero-order chi connectivity index (χ0) is 9.99. The van der Waals surface area contributed by atoms with Gasteiger partial charge < -0.3 is 4.74 Å². The van der Waals surface area contributed by atoms with Gasteiger partial charge in [0.1, 0.15) is 11.2 Å². The van der Waals surface area contributed by atoms with E-state index in [1.54, 1.807) is 27.7 Å². The van der Waals surface area contributed by atoms with Crippen LogP contribution in [0.3, 0.4) is 0 Å². The van der Waals surface area contributed by atoms with Crippen LogP contribution in [-0.4, -0.2) is 17.2 Å². The molecule has 72 valence electrons. The molecule has 0 aromatic carbocycles. The lowest BCUT2D eigenvalue weighted by molar-refractivity contribution is -0.191. The lowest BCUT2D eigenvalue weighted by Gasteiger charge is -2.38. The zero-order valence-electron chi connectivity index (χ0n) is 8.30. The molecule has 2 N–H and O–H groups in total. The molecular formula is C8H17NO3. The number of ether oxygens (including phenoxy) is 1. The van der Waals surface area contributed by atoms with Crippen molar-refractivity contribution in [2.45, 2.75) is 45.8 Å². The topological polar surface area (TPSA) is 61.5 Å². The average molecular weight is 175 g/mol. The van der Waals surface area contributed by atoms with Crippen LogP contribution >= 0.6 is 0 Å². The summed E-state index contributed by atoms with van der Waals surface area (Å²) in [4.78, 5) is 15.4. The first-order chi connectivity index (χ1) is 5.23. The molecule has 0 atom stereocenters. The van der Waals surface area contributed by atoms with Gasteiger partial charge in [0.15, 0.2) is 0 Å². The Hall–Kier alpha value is -0.610. The van der Waals surface area contributed by atoms with Crippen LogP contribution in [0.1, 0.15) is 34.6 Å². The highest BCUT2D eigenvalue weighted by Crippen LogP contribution is 2.27. The molecule has 0 bridgehead atoms. The fraction of sp³-hybridized carbons (Fsp3) is 0.875. The van der Waals surface area contributed by atoms with Crippen LogP contribution in [0.5, 0.6) is 0 Å². The molecule has 0 aliphatic carbocycles. The number of carbonyl (C=O) groups is 1. The summed E-state index contributed by atoms with van der Waals surface area (Å²) < 4.78 is 5.05. The maximum Gasteiger partial charge on any atom is 0.303 e. The van der Waals surface area contributed by atoms with E-state index in [1.807, 2.05) is 0 Å². The molecule has 0 aromatic rings. The van der Waals surface area contributed by atoms with Crippen LogP contribution in [-0.2, 0) is 14.4 Å². The van der Waals surface area contributed by atoms with Crippen molar-refractivity contribution in [3.05, 3.63) is 0 Å². The van der Waals surface area contributed by atoms with Gasteiger partial charge in [-0.3, -0.25) is 9.63 Å². The standard InChI is InChI=1S/C8H17NO3/c1-6(10)11-7(2,3)8(4,5)12-9/h9H2,1-5H3. The van der Waals surface area contributed by atoms with E-state index in [1.165, 1.54) is 6.92 Å². The van der Waals surface area contributed by atoms with E-state index in [4.69, 9.17) is 15.5 Å². The minimum absolute atomic E-state index is 0.342. The molecule has 0 saturated carbocycles. The molecular weight excluding hydrogens is 158 g/mol. The summed E-state index contributed by atoms with van der Waals surface area (Å²) in [6, 6.07) is 0. The van der Waals surface area contributed by atoms with E-state index in [2.05, 4.69) is 0 Å². The summed E-state index contributed by atoms with van der Waals surface area (Å²) in [5.74, 6) is 4.73. The molecule has 0 aliphatic heterocycles. The molecule has 0 aliphatic rings. The highest BCUT2D eigenvalue weighted by atomic mass is 16.7. The van der Waals surface area contributed by atoms with Crippen molar-refractivity contribution >= 4 is 5.97 Å². The predicted octanol–water partition coefficient (Wildman–Crippen LogP) is 0.997. The molecule has 0 unspecified atom stereocenters. The maximum atomic E-state index is 10.7. The number of esters is 1. The van der Waals surface area contributed by atoms with E-state index in [-0.39, 0.29) is 5.97 Å². The van der Waals surface area contributed by atoms with E-state index < -0.39 is 11.2 Å². The molecule has 0 heterocycles. The molecule has 0 saturated heterocycles. The minimum atomic E-state index is -0.729. The number of carbonyl (C=O) groups excluding carboxylic acids is 1. The lowest BCUT2D eigenvalue weighted by atomic mass is 9.89. The van der Waals surface area contributed by atoms with Gasteiger partial charge in [0, 0.05) is 6.92 Å². The first-order valence-corrected chi connectivity index (χ1v) is 3.80. The average Bonchev–Trinajstić information content (AvgIpc) is 1.84. The summed E-state index contributed by atoms with van der Waals surface area (Å²) >= 11 is 0. The molecule has 12 heavy (non-hydrogen) atoms. The molecule has 0 radical (unpaired) electrons. The third-order valence-electron chi connectivity index (χ3n) is 2.14. The summed E-state index contributed by atoms with van der Waals surface area (Å²) in [5, 5.41) is 0. The van der Waals surface area contributed by atoms with Crippen molar-refractivity contribution in [3.63, 3.8) is 0 Å². The van der Waals surface area contributed by atoms with Crippen molar-refractivity contribution in [2.75, 3.05) is 0 Å². The summed E-state index contributed by atoms with van der Waals surface area (Å²) in [7, 11) is 0. The Labute approximate surface area is 73.0 Å². The zero-order valence-corrected chi connectivity index (χ0v) is 8.30. The van der Waals surface area contributed by atoms with E-state index in [0.29, 0.717) is 0 Å². The van der Waals surface area contributed by atoms with Gasteiger partial charge in [0.25, 0.3) is 0 Å². The number of hydrogen-bond donors (Lipinski definition) is 1. The number of rotatable bonds is 3. The van der Waals surface area contributed by atoms with Gasteiger partial charge in [-0.1, -0.05) is 0 Å². The van der Waals surface area contributed by atoms with Crippen LogP contribution in [0.2, 0.25) is 0 Å². The second-order valence-electron chi connectivity index (χ2n) is 3.73. The summed E-state index contributed by atoms with van der Waals surface area (Å²) in [5.41, 5.74) is -1.42. The largest absolute Gasteiger partial charge is 0.457 e. The molecule has 0 spiro atoms. The van der Waals surface area contributed by atoms with Gasteiger partial charge in [-0.05, 0) is 27.7 Å². The Kier molecular flexibility index (Phi) is 3.24.